The molecule has 3 rings (SSSR count). The first-order valence-electron chi connectivity index (χ1n) is 6.51. The van der Waals surface area contributed by atoms with Crippen LogP contribution >= 0.6 is 0 Å². The van der Waals surface area contributed by atoms with Gasteiger partial charge in [0.25, 0.3) is 0 Å². The Morgan fingerprint density at radius 2 is 1.70 bits per heavy atom. The van der Waals surface area contributed by atoms with E-state index in [0.29, 0.717) is 0 Å². The van der Waals surface area contributed by atoms with Crippen LogP contribution in [-0.4, -0.2) is 28.0 Å². The lowest BCUT2D eigenvalue weighted by Crippen LogP contribution is -2.14. The van der Waals surface area contributed by atoms with Gasteiger partial charge in [0.2, 0.25) is 0 Å². The van der Waals surface area contributed by atoms with Crippen molar-refractivity contribution in [1.82, 2.24) is 15.0 Å². The van der Waals surface area contributed by atoms with E-state index in [1.54, 1.807) is 18.6 Å². The van der Waals surface area contributed by atoms with Crippen molar-refractivity contribution in [2.75, 3.05) is 23.7 Å². The normalized spacial score (nSPS) is 10.4. The summed E-state index contributed by atoms with van der Waals surface area (Å²) in [6.45, 7) is 1.52. The van der Waals surface area contributed by atoms with Crippen molar-refractivity contribution in [1.29, 1.82) is 0 Å². The molecule has 0 aliphatic rings. The van der Waals surface area contributed by atoms with E-state index in [1.165, 1.54) is 0 Å². The molecule has 0 aliphatic carbocycles. The van der Waals surface area contributed by atoms with Crippen molar-refractivity contribution >= 4 is 22.5 Å². The SMILES string of the molecule is c1ccc2nc(NCCNc3cnccn3)ccc2c1. The first kappa shape index (κ1) is 12.3. The van der Waals surface area contributed by atoms with E-state index in [1.807, 2.05) is 24.3 Å². The highest BCUT2D eigenvalue weighted by Gasteiger charge is 1.97. The first-order chi connectivity index (χ1) is 9.92. The summed E-state index contributed by atoms with van der Waals surface area (Å²) in [5.74, 6) is 1.66. The summed E-state index contributed by atoms with van der Waals surface area (Å²) >= 11 is 0. The maximum atomic E-state index is 4.55. The van der Waals surface area contributed by atoms with Gasteiger partial charge in [-0.3, -0.25) is 4.98 Å². The van der Waals surface area contributed by atoms with Crippen molar-refractivity contribution in [2.24, 2.45) is 0 Å². The molecular weight excluding hydrogens is 250 g/mol. The third-order valence-corrected chi connectivity index (χ3v) is 2.90. The van der Waals surface area contributed by atoms with Crippen molar-refractivity contribution in [3.05, 3.63) is 55.0 Å². The molecule has 0 radical (unpaired) electrons. The fourth-order valence-electron chi connectivity index (χ4n) is 1.94. The molecular formula is C15H15N5. The van der Waals surface area contributed by atoms with E-state index in [0.717, 1.165) is 35.6 Å². The molecule has 100 valence electrons. The summed E-state index contributed by atoms with van der Waals surface area (Å²) in [4.78, 5) is 12.7. The highest BCUT2D eigenvalue weighted by atomic mass is 15.0. The van der Waals surface area contributed by atoms with Crippen LogP contribution in [0.2, 0.25) is 0 Å². The number of fused-ring (bicyclic) bond motifs is 1. The number of aromatic nitrogens is 3. The minimum atomic E-state index is 0.757. The Morgan fingerprint density at radius 3 is 2.55 bits per heavy atom. The fraction of sp³-hybridized carbons (Fsp3) is 0.133. The second-order valence-corrected chi connectivity index (χ2v) is 4.33. The molecule has 0 atom stereocenters. The van der Waals surface area contributed by atoms with E-state index in [9.17, 15) is 0 Å². The van der Waals surface area contributed by atoms with E-state index in [2.05, 4.69) is 37.7 Å². The van der Waals surface area contributed by atoms with Crippen LogP contribution in [0.5, 0.6) is 0 Å². The Balaban J connectivity index is 1.55. The standard InChI is InChI=1S/C15H15N5/c1-2-4-13-12(3-1)5-6-14(20-13)17-9-10-19-15-11-16-7-8-18-15/h1-8,11H,9-10H2,(H,17,20)(H,18,19). The lowest BCUT2D eigenvalue weighted by molar-refractivity contribution is 1.04. The molecule has 5 heteroatoms. The number of rotatable bonds is 5. The van der Waals surface area contributed by atoms with Gasteiger partial charge in [0.15, 0.2) is 0 Å². The molecule has 2 aromatic heterocycles. The molecule has 0 unspecified atom stereocenters. The summed E-state index contributed by atoms with van der Waals surface area (Å²) < 4.78 is 0. The largest absolute Gasteiger partial charge is 0.368 e. The monoisotopic (exact) mass is 265 g/mol. The van der Waals surface area contributed by atoms with Crippen LogP contribution in [0.15, 0.2) is 55.0 Å². The van der Waals surface area contributed by atoms with Gasteiger partial charge in [-0.2, -0.15) is 0 Å². The third-order valence-electron chi connectivity index (χ3n) is 2.90. The number of anilines is 2. The lowest BCUT2D eigenvalue weighted by atomic mass is 10.2. The van der Waals surface area contributed by atoms with Crippen LogP contribution in [-0.2, 0) is 0 Å². The molecule has 0 amide bonds. The van der Waals surface area contributed by atoms with E-state index in [4.69, 9.17) is 0 Å². The lowest BCUT2D eigenvalue weighted by Gasteiger charge is -2.08. The van der Waals surface area contributed by atoms with Gasteiger partial charge in [-0.05, 0) is 18.2 Å². The molecule has 2 heterocycles. The zero-order valence-corrected chi connectivity index (χ0v) is 11.0. The van der Waals surface area contributed by atoms with Crippen molar-refractivity contribution in [3.63, 3.8) is 0 Å². The van der Waals surface area contributed by atoms with Crippen LogP contribution in [0.3, 0.4) is 0 Å². The average Bonchev–Trinajstić information content (AvgIpc) is 2.52. The minimum absolute atomic E-state index is 0.757. The van der Waals surface area contributed by atoms with Gasteiger partial charge >= 0.3 is 0 Å². The summed E-state index contributed by atoms with van der Waals surface area (Å²) in [5.41, 5.74) is 0.999. The molecule has 0 fully saturated rings. The predicted molar refractivity (Wildman–Crippen MR) is 80.8 cm³/mol. The zero-order chi connectivity index (χ0) is 13.6. The van der Waals surface area contributed by atoms with Crippen LogP contribution < -0.4 is 10.6 Å². The predicted octanol–water partition coefficient (Wildman–Crippen LogP) is 2.55. The van der Waals surface area contributed by atoms with Gasteiger partial charge in [-0.15, -0.1) is 0 Å². The summed E-state index contributed by atoms with van der Waals surface area (Å²) in [5, 5.41) is 7.62. The number of hydrogen-bond acceptors (Lipinski definition) is 5. The Kier molecular flexibility index (Phi) is 3.68. The first-order valence-corrected chi connectivity index (χ1v) is 6.51. The fourth-order valence-corrected chi connectivity index (χ4v) is 1.94. The van der Waals surface area contributed by atoms with Crippen molar-refractivity contribution in [3.8, 4) is 0 Å². The highest BCUT2D eigenvalue weighted by molar-refractivity contribution is 5.80. The Labute approximate surface area is 117 Å². The molecule has 1 aromatic carbocycles. The Hall–Kier alpha value is -2.69. The molecule has 0 spiro atoms. The third kappa shape index (κ3) is 3.00. The summed E-state index contributed by atoms with van der Waals surface area (Å²) in [6, 6.07) is 12.1. The number of benzene rings is 1. The summed E-state index contributed by atoms with van der Waals surface area (Å²) in [6.07, 6.45) is 5.03. The number of pyridine rings is 1. The second kappa shape index (κ2) is 5.97. The minimum Gasteiger partial charge on any atom is -0.368 e. The van der Waals surface area contributed by atoms with E-state index < -0.39 is 0 Å². The maximum Gasteiger partial charge on any atom is 0.144 e. The van der Waals surface area contributed by atoms with Gasteiger partial charge in [0.1, 0.15) is 11.6 Å². The van der Waals surface area contributed by atoms with Crippen molar-refractivity contribution < 1.29 is 0 Å². The second-order valence-electron chi connectivity index (χ2n) is 4.33. The maximum absolute atomic E-state index is 4.55. The molecule has 0 bridgehead atoms. The quantitative estimate of drug-likeness (QED) is 0.694. The van der Waals surface area contributed by atoms with Gasteiger partial charge in [-0.25, -0.2) is 9.97 Å². The van der Waals surface area contributed by atoms with E-state index >= 15 is 0 Å². The Morgan fingerprint density at radius 1 is 0.850 bits per heavy atom. The number of hydrogen-bond donors (Lipinski definition) is 2. The molecule has 2 N–H and O–H groups in total. The topological polar surface area (TPSA) is 62.7 Å². The van der Waals surface area contributed by atoms with Crippen LogP contribution in [0.1, 0.15) is 0 Å². The summed E-state index contributed by atoms with van der Waals surface area (Å²) in [7, 11) is 0. The van der Waals surface area contributed by atoms with Gasteiger partial charge in [0.05, 0.1) is 11.7 Å². The zero-order valence-electron chi connectivity index (χ0n) is 11.0. The van der Waals surface area contributed by atoms with Gasteiger partial charge < -0.3 is 10.6 Å². The number of nitrogens with zero attached hydrogens (tertiary/aromatic N) is 3. The van der Waals surface area contributed by atoms with E-state index in [-0.39, 0.29) is 0 Å². The molecule has 5 nitrogen and oxygen atoms in total. The Bertz CT molecular complexity index is 684. The molecule has 20 heavy (non-hydrogen) atoms. The van der Waals surface area contributed by atoms with Gasteiger partial charge in [-0.1, -0.05) is 18.2 Å². The van der Waals surface area contributed by atoms with Crippen molar-refractivity contribution in [2.45, 2.75) is 0 Å². The van der Waals surface area contributed by atoms with Crippen LogP contribution in [0.4, 0.5) is 11.6 Å². The average molecular weight is 265 g/mol. The molecule has 0 saturated carbocycles. The van der Waals surface area contributed by atoms with Crippen LogP contribution in [0.25, 0.3) is 10.9 Å². The molecule has 0 saturated heterocycles. The highest BCUT2D eigenvalue weighted by Crippen LogP contribution is 2.14. The smallest absolute Gasteiger partial charge is 0.144 e. The molecule has 3 aromatic rings. The molecule has 0 aliphatic heterocycles. The number of nitrogens with one attached hydrogen (secondary N) is 2. The van der Waals surface area contributed by atoms with Crippen LogP contribution in [0, 0.1) is 0 Å². The van der Waals surface area contributed by atoms with Gasteiger partial charge in [0, 0.05) is 30.9 Å². The number of para-hydroxylation sites is 1.